The summed E-state index contributed by atoms with van der Waals surface area (Å²) in [5, 5.41) is 13.5. The quantitative estimate of drug-likeness (QED) is 0.549. The summed E-state index contributed by atoms with van der Waals surface area (Å²) in [5.74, 6) is -0.347. The molecule has 1 aromatic heterocycles. The molecule has 0 atom stereocenters. The largest absolute Gasteiger partial charge is 0.351 e. The first kappa shape index (κ1) is 16.1. The molecule has 0 aliphatic carbocycles. The molecule has 1 N–H and O–H groups in total. The number of aromatic nitrogens is 4. The highest BCUT2D eigenvalue weighted by atomic mass is 32.2. The molecular weight excluding hydrogens is 329 g/mol. The molecular formula is C16H14FN5OS. The minimum atomic E-state index is -0.583. The van der Waals surface area contributed by atoms with E-state index in [1.807, 2.05) is 30.3 Å². The Morgan fingerprint density at radius 3 is 2.79 bits per heavy atom. The van der Waals surface area contributed by atoms with E-state index in [4.69, 9.17) is 0 Å². The first-order valence-electron chi connectivity index (χ1n) is 7.23. The third-order valence-electron chi connectivity index (χ3n) is 3.21. The summed E-state index contributed by atoms with van der Waals surface area (Å²) >= 11 is 1.62. The van der Waals surface area contributed by atoms with Gasteiger partial charge < -0.3 is 5.32 Å². The molecule has 0 radical (unpaired) electrons. The van der Waals surface area contributed by atoms with Crippen LogP contribution in [0.4, 0.5) is 4.39 Å². The summed E-state index contributed by atoms with van der Waals surface area (Å²) in [5.41, 5.74) is 0.484. The van der Waals surface area contributed by atoms with Crippen LogP contribution < -0.4 is 5.32 Å². The third kappa shape index (κ3) is 3.96. The first-order valence-corrected chi connectivity index (χ1v) is 8.21. The van der Waals surface area contributed by atoms with Crippen LogP contribution in [0.2, 0.25) is 0 Å². The molecule has 8 heteroatoms. The molecule has 6 nitrogen and oxygen atoms in total. The van der Waals surface area contributed by atoms with Crippen LogP contribution in [0.1, 0.15) is 10.4 Å². The van der Waals surface area contributed by atoms with Crippen molar-refractivity contribution in [1.82, 2.24) is 25.5 Å². The highest BCUT2D eigenvalue weighted by Gasteiger charge is 2.13. The Balaban J connectivity index is 1.59. The fraction of sp³-hybridized carbons (Fsp3) is 0.125. The zero-order chi connectivity index (χ0) is 16.8. The molecule has 1 heterocycles. The average molecular weight is 343 g/mol. The van der Waals surface area contributed by atoms with E-state index in [0.717, 1.165) is 4.90 Å². The zero-order valence-electron chi connectivity index (χ0n) is 12.6. The minimum Gasteiger partial charge on any atom is -0.351 e. The van der Waals surface area contributed by atoms with Gasteiger partial charge in [0.2, 0.25) is 0 Å². The van der Waals surface area contributed by atoms with Gasteiger partial charge in [-0.2, -0.15) is 0 Å². The van der Waals surface area contributed by atoms with E-state index in [9.17, 15) is 9.18 Å². The number of carbonyl (C=O) groups is 1. The molecule has 0 saturated heterocycles. The number of amides is 1. The molecule has 0 fully saturated rings. The SMILES string of the molecule is O=C(NCCSc1ccccc1)c1cc(-n2cnnn2)ccc1F. The van der Waals surface area contributed by atoms with Gasteiger partial charge in [0.1, 0.15) is 12.1 Å². The van der Waals surface area contributed by atoms with Crippen LogP contribution in [0.5, 0.6) is 0 Å². The number of halogens is 1. The van der Waals surface area contributed by atoms with E-state index in [1.165, 1.54) is 29.2 Å². The topological polar surface area (TPSA) is 72.7 Å². The van der Waals surface area contributed by atoms with E-state index >= 15 is 0 Å². The van der Waals surface area contributed by atoms with Crippen molar-refractivity contribution in [3.63, 3.8) is 0 Å². The van der Waals surface area contributed by atoms with Gasteiger partial charge in [-0.05, 0) is 40.8 Å². The van der Waals surface area contributed by atoms with Crippen LogP contribution >= 0.6 is 11.8 Å². The first-order chi connectivity index (χ1) is 11.7. The van der Waals surface area contributed by atoms with Gasteiger partial charge in [0.25, 0.3) is 5.91 Å². The van der Waals surface area contributed by atoms with Gasteiger partial charge in [-0.25, -0.2) is 9.07 Å². The van der Waals surface area contributed by atoms with E-state index in [-0.39, 0.29) is 5.56 Å². The van der Waals surface area contributed by atoms with Crippen LogP contribution in [0.25, 0.3) is 5.69 Å². The standard InChI is InChI=1S/C16H14FN5OS/c17-15-7-6-12(22-11-19-20-21-22)10-14(15)16(23)18-8-9-24-13-4-2-1-3-5-13/h1-7,10-11H,8-9H2,(H,18,23). The summed E-state index contributed by atoms with van der Waals surface area (Å²) in [6.45, 7) is 0.437. The van der Waals surface area contributed by atoms with Crippen molar-refractivity contribution in [2.45, 2.75) is 4.90 Å². The second-order valence-corrected chi connectivity index (χ2v) is 6.00. The fourth-order valence-electron chi connectivity index (χ4n) is 2.05. The molecule has 0 saturated carbocycles. The van der Waals surface area contributed by atoms with Crippen LogP contribution in [-0.2, 0) is 0 Å². The number of hydrogen-bond donors (Lipinski definition) is 1. The van der Waals surface area contributed by atoms with Crippen molar-refractivity contribution in [1.29, 1.82) is 0 Å². The Morgan fingerprint density at radius 1 is 1.21 bits per heavy atom. The summed E-state index contributed by atoms with van der Waals surface area (Å²) < 4.78 is 15.3. The highest BCUT2D eigenvalue weighted by Crippen LogP contribution is 2.16. The van der Waals surface area contributed by atoms with Gasteiger partial charge in [-0.3, -0.25) is 4.79 Å². The Morgan fingerprint density at radius 2 is 2.04 bits per heavy atom. The maximum absolute atomic E-state index is 13.9. The number of benzene rings is 2. The third-order valence-corrected chi connectivity index (χ3v) is 4.22. The second-order valence-electron chi connectivity index (χ2n) is 4.84. The van der Waals surface area contributed by atoms with Crippen LogP contribution in [-0.4, -0.2) is 38.4 Å². The molecule has 0 aliphatic heterocycles. The van der Waals surface area contributed by atoms with E-state index in [2.05, 4.69) is 20.8 Å². The molecule has 2 aromatic carbocycles. The fourth-order valence-corrected chi connectivity index (χ4v) is 2.84. The molecule has 24 heavy (non-hydrogen) atoms. The number of tetrazole rings is 1. The van der Waals surface area contributed by atoms with Crippen LogP contribution in [0.15, 0.2) is 59.8 Å². The number of nitrogens with zero attached hydrogens (tertiary/aromatic N) is 4. The highest BCUT2D eigenvalue weighted by molar-refractivity contribution is 7.99. The van der Waals surface area contributed by atoms with Crippen molar-refractivity contribution < 1.29 is 9.18 Å². The van der Waals surface area contributed by atoms with Crippen molar-refractivity contribution in [2.24, 2.45) is 0 Å². The molecule has 0 spiro atoms. The van der Waals surface area contributed by atoms with E-state index < -0.39 is 11.7 Å². The van der Waals surface area contributed by atoms with E-state index in [0.29, 0.717) is 18.0 Å². The Bertz CT molecular complexity index is 811. The second kappa shape index (κ2) is 7.69. The summed E-state index contributed by atoms with van der Waals surface area (Å²) in [4.78, 5) is 13.3. The number of rotatable bonds is 6. The van der Waals surface area contributed by atoms with Gasteiger partial charge in [0.05, 0.1) is 11.3 Å². The molecule has 0 unspecified atom stereocenters. The molecule has 122 valence electrons. The van der Waals surface area contributed by atoms with Gasteiger partial charge >= 0.3 is 0 Å². The Hall–Kier alpha value is -2.74. The lowest BCUT2D eigenvalue weighted by Crippen LogP contribution is -2.26. The lowest BCUT2D eigenvalue weighted by Gasteiger charge is -2.08. The lowest BCUT2D eigenvalue weighted by molar-refractivity contribution is 0.0952. The maximum Gasteiger partial charge on any atom is 0.254 e. The molecule has 0 bridgehead atoms. The molecule has 0 aliphatic rings. The summed E-state index contributed by atoms with van der Waals surface area (Å²) in [6, 6.07) is 14.0. The number of carbonyl (C=O) groups excluding carboxylic acids is 1. The number of thioether (sulfide) groups is 1. The van der Waals surface area contributed by atoms with Crippen molar-refractivity contribution >= 4 is 17.7 Å². The summed E-state index contributed by atoms with van der Waals surface area (Å²) in [6.07, 6.45) is 1.38. The number of hydrogen-bond acceptors (Lipinski definition) is 5. The molecule has 3 rings (SSSR count). The van der Waals surface area contributed by atoms with E-state index in [1.54, 1.807) is 11.8 Å². The minimum absolute atomic E-state index is 0.0345. The smallest absolute Gasteiger partial charge is 0.254 e. The predicted molar refractivity (Wildman–Crippen MR) is 88.6 cm³/mol. The lowest BCUT2D eigenvalue weighted by atomic mass is 10.1. The molecule has 1 amide bonds. The number of nitrogens with one attached hydrogen (secondary N) is 1. The van der Waals surface area contributed by atoms with Crippen LogP contribution in [0.3, 0.4) is 0 Å². The van der Waals surface area contributed by atoms with Gasteiger partial charge in [-0.1, -0.05) is 18.2 Å². The Kier molecular flexibility index (Phi) is 5.17. The average Bonchev–Trinajstić information content (AvgIpc) is 3.14. The molecule has 3 aromatic rings. The van der Waals surface area contributed by atoms with Crippen LogP contribution in [0, 0.1) is 5.82 Å². The summed E-state index contributed by atoms with van der Waals surface area (Å²) in [7, 11) is 0. The van der Waals surface area contributed by atoms with Gasteiger partial charge in [0, 0.05) is 17.2 Å². The maximum atomic E-state index is 13.9. The van der Waals surface area contributed by atoms with Crippen molar-refractivity contribution in [2.75, 3.05) is 12.3 Å². The van der Waals surface area contributed by atoms with Crippen molar-refractivity contribution in [3.8, 4) is 5.69 Å². The monoisotopic (exact) mass is 343 g/mol. The Labute approximate surface area is 142 Å². The normalized spacial score (nSPS) is 10.5. The van der Waals surface area contributed by atoms with Gasteiger partial charge in [-0.15, -0.1) is 16.9 Å². The van der Waals surface area contributed by atoms with Crippen molar-refractivity contribution in [3.05, 3.63) is 66.2 Å². The zero-order valence-corrected chi connectivity index (χ0v) is 13.4. The predicted octanol–water partition coefficient (Wildman–Crippen LogP) is 2.32. The van der Waals surface area contributed by atoms with Gasteiger partial charge in [0.15, 0.2) is 0 Å².